The topological polar surface area (TPSA) is 93.2 Å². The molecule has 0 bridgehead atoms. The summed E-state index contributed by atoms with van der Waals surface area (Å²) < 4.78 is 0. The van der Waals surface area contributed by atoms with E-state index >= 15 is 0 Å². The monoisotopic (exact) mass is 595 g/mol. The minimum absolute atomic E-state index is 0.408. The van der Waals surface area contributed by atoms with Crippen molar-refractivity contribution in [1.29, 1.82) is 0 Å². The molecule has 1 saturated carbocycles. The first-order valence-corrected chi connectivity index (χ1v) is 15.7. The molecule has 3 rings (SSSR count). The second-order valence-corrected chi connectivity index (χ2v) is 10.3. The Morgan fingerprint density at radius 1 is 0.977 bits per heavy atom. The zero-order valence-electron chi connectivity index (χ0n) is 29.6. The molecule has 0 saturated heterocycles. The van der Waals surface area contributed by atoms with E-state index < -0.39 is 0 Å². The maximum atomic E-state index is 11.0. The predicted molar refractivity (Wildman–Crippen MR) is 196 cm³/mol. The molecule has 1 aromatic carbocycles. The first-order chi connectivity index (χ1) is 20.7. The number of likely N-dealkylation sites (N-methyl/N-ethyl adjacent to an activating group) is 1. The summed E-state index contributed by atoms with van der Waals surface area (Å²) in [6.07, 6.45) is 19.3. The number of carbonyl (C=O) groups excluding carboxylic acids is 1. The van der Waals surface area contributed by atoms with E-state index in [1.165, 1.54) is 62.9 Å². The molecular weight excluding hydrogens is 528 g/mol. The lowest BCUT2D eigenvalue weighted by molar-refractivity contribution is 0.112. The number of rotatable bonds is 8. The molecule has 0 heterocycles. The number of aldehydes is 1. The second kappa shape index (κ2) is 28.0. The van der Waals surface area contributed by atoms with E-state index in [0.717, 1.165) is 35.0 Å². The third-order valence-corrected chi connectivity index (χ3v) is 7.10. The number of hydrogen-bond donors (Lipinski definition) is 4. The Kier molecular flexibility index (Phi) is 29.0. The lowest BCUT2D eigenvalue weighted by atomic mass is 9.81. The number of benzene rings is 1. The van der Waals surface area contributed by atoms with Gasteiger partial charge in [0.25, 0.3) is 0 Å². The summed E-state index contributed by atoms with van der Waals surface area (Å²) in [5, 5.41) is 5.94. The Labute approximate surface area is 266 Å². The van der Waals surface area contributed by atoms with Crippen LogP contribution in [0.15, 0.2) is 90.1 Å². The fourth-order valence-corrected chi connectivity index (χ4v) is 5.07. The molecule has 6 N–H and O–H groups in total. The third kappa shape index (κ3) is 17.2. The molecule has 1 spiro atoms. The Bertz CT molecular complexity index is 1020. The fourth-order valence-electron chi connectivity index (χ4n) is 5.07. The lowest BCUT2D eigenvalue weighted by Gasteiger charge is -2.23. The van der Waals surface area contributed by atoms with Gasteiger partial charge in [-0.3, -0.25) is 4.79 Å². The van der Waals surface area contributed by atoms with Crippen LogP contribution in [0.4, 0.5) is 0 Å². The molecule has 1 unspecified atom stereocenters. The SMILES string of the molecule is C=C(C)/C=C\C(=C/C)C(C)NC.C=C(C1=C(/C=C\C)CC2(CCCC2)C1)c1cccc(C=O)c1.CC.CN.CN.CNC. The molecule has 2 aliphatic carbocycles. The van der Waals surface area contributed by atoms with E-state index in [1.807, 2.05) is 73.1 Å². The van der Waals surface area contributed by atoms with E-state index in [-0.39, 0.29) is 0 Å². The van der Waals surface area contributed by atoms with Crippen LogP contribution in [0.5, 0.6) is 0 Å². The molecule has 43 heavy (non-hydrogen) atoms. The highest BCUT2D eigenvalue weighted by Gasteiger charge is 2.40. The Morgan fingerprint density at radius 3 is 1.98 bits per heavy atom. The zero-order valence-corrected chi connectivity index (χ0v) is 29.6. The summed E-state index contributed by atoms with van der Waals surface area (Å²) in [5.74, 6) is 0. The summed E-state index contributed by atoms with van der Waals surface area (Å²) in [7, 11) is 8.71. The second-order valence-electron chi connectivity index (χ2n) is 10.3. The van der Waals surface area contributed by atoms with Crippen molar-refractivity contribution in [1.82, 2.24) is 10.6 Å². The molecule has 0 aromatic heterocycles. The number of allylic oxidation sites excluding steroid dienone is 8. The molecular formula is C38H66N4O. The molecule has 244 valence electrons. The highest BCUT2D eigenvalue weighted by Crippen LogP contribution is 2.55. The van der Waals surface area contributed by atoms with Gasteiger partial charge in [-0.15, -0.1) is 0 Å². The maximum Gasteiger partial charge on any atom is 0.150 e. The van der Waals surface area contributed by atoms with E-state index in [9.17, 15) is 4.79 Å². The minimum atomic E-state index is 0.408. The van der Waals surface area contributed by atoms with Crippen molar-refractivity contribution in [2.75, 3.05) is 35.2 Å². The summed E-state index contributed by atoms with van der Waals surface area (Å²) in [5.41, 5.74) is 17.6. The first-order valence-electron chi connectivity index (χ1n) is 15.7. The smallest absolute Gasteiger partial charge is 0.150 e. The van der Waals surface area contributed by atoms with Crippen molar-refractivity contribution >= 4 is 11.9 Å². The fraction of sp³-hybridized carbons (Fsp3) is 0.500. The van der Waals surface area contributed by atoms with E-state index in [0.29, 0.717) is 11.5 Å². The van der Waals surface area contributed by atoms with Crippen LogP contribution in [0.25, 0.3) is 5.57 Å². The highest BCUT2D eigenvalue weighted by molar-refractivity contribution is 5.83. The molecule has 1 atom stereocenters. The molecule has 2 aliphatic rings. The van der Waals surface area contributed by atoms with Crippen LogP contribution in [-0.2, 0) is 0 Å². The van der Waals surface area contributed by atoms with E-state index in [1.54, 1.807) is 0 Å². The summed E-state index contributed by atoms with van der Waals surface area (Å²) in [6.45, 7) is 20.4. The molecule has 0 aliphatic heterocycles. The van der Waals surface area contributed by atoms with Crippen LogP contribution in [0, 0.1) is 5.41 Å². The lowest BCUT2D eigenvalue weighted by Crippen LogP contribution is -2.22. The number of nitrogens with two attached hydrogens (primary N) is 2. The molecule has 0 radical (unpaired) electrons. The van der Waals surface area contributed by atoms with Crippen LogP contribution < -0.4 is 22.1 Å². The Balaban J connectivity index is -0.000000648. The van der Waals surface area contributed by atoms with Gasteiger partial charge >= 0.3 is 0 Å². The summed E-state index contributed by atoms with van der Waals surface area (Å²) in [4.78, 5) is 11.0. The summed E-state index contributed by atoms with van der Waals surface area (Å²) in [6, 6.07) is 8.22. The van der Waals surface area contributed by atoms with Crippen molar-refractivity contribution in [3.63, 3.8) is 0 Å². The zero-order chi connectivity index (χ0) is 33.8. The minimum Gasteiger partial charge on any atom is -0.333 e. The average molecular weight is 595 g/mol. The largest absolute Gasteiger partial charge is 0.333 e. The van der Waals surface area contributed by atoms with Crippen LogP contribution in [0.2, 0.25) is 0 Å². The molecule has 5 heteroatoms. The van der Waals surface area contributed by atoms with Gasteiger partial charge in [-0.1, -0.05) is 94.0 Å². The number of carbonyl (C=O) groups is 1. The number of nitrogens with one attached hydrogen (secondary N) is 2. The van der Waals surface area contributed by atoms with E-state index in [2.05, 4.69) is 79.5 Å². The number of hydrogen-bond acceptors (Lipinski definition) is 5. The third-order valence-electron chi connectivity index (χ3n) is 7.10. The van der Waals surface area contributed by atoms with Gasteiger partial charge in [0.05, 0.1) is 0 Å². The van der Waals surface area contributed by atoms with Crippen LogP contribution >= 0.6 is 0 Å². The molecule has 1 fully saturated rings. The van der Waals surface area contributed by atoms with Gasteiger partial charge in [0.15, 0.2) is 0 Å². The van der Waals surface area contributed by atoms with Gasteiger partial charge in [0.2, 0.25) is 0 Å². The van der Waals surface area contributed by atoms with Gasteiger partial charge < -0.3 is 22.1 Å². The standard InChI is InChI=1S/C21H24O.C11H19N.C2H7N.C2H6.2CH5N/c1-3-7-19-13-21(10-4-5-11-21)14-20(19)16(2)18-9-6-8-17(12-18)15-22;1-6-11(10(4)12-5)8-7-9(2)3;1-3-2;3*1-2/h3,6-9,12,15H,2,4-5,10-11,13-14H2,1H3;6-8,10,12H,2H2,1,3-5H3;3H,1-2H3;1-2H3;2*2H2,1H3/b7-3-;8-7-,11-6+;;;;. The van der Waals surface area contributed by atoms with Crippen LogP contribution in [0.3, 0.4) is 0 Å². The summed E-state index contributed by atoms with van der Waals surface area (Å²) >= 11 is 0. The maximum absolute atomic E-state index is 11.0. The Morgan fingerprint density at radius 2 is 1.53 bits per heavy atom. The van der Waals surface area contributed by atoms with Gasteiger partial charge in [-0.05, 0) is 128 Å². The van der Waals surface area contributed by atoms with Crippen molar-refractivity contribution in [3.8, 4) is 0 Å². The van der Waals surface area contributed by atoms with E-state index in [4.69, 9.17) is 0 Å². The van der Waals surface area contributed by atoms with Gasteiger partial charge in [0.1, 0.15) is 6.29 Å². The van der Waals surface area contributed by atoms with Gasteiger partial charge in [-0.2, -0.15) is 0 Å². The van der Waals surface area contributed by atoms with Crippen molar-refractivity contribution < 1.29 is 4.79 Å². The van der Waals surface area contributed by atoms with Crippen molar-refractivity contribution in [3.05, 3.63) is 101 Å². The van der Waals surface area contributed by atoms with Crippen molar-refractivity contribution in [2.45, 2.75) is 86.1 Å². The predicted octanol–water partition coefficient (Wildman–Crippen LogP) is 8.42. The molecule has 0 amide bonds. The normalized spacial score (nSPS) is 15.4. The highest BCUT2D eigenvalue weighted by atomic mass is 16.1. The van der Waals surface area contributed by atoms with Crippen molar-refractivity contribution in [2.24, 2.45) is 16.9 Å². The van der Waals surface area contributed by atoms with Crippen LogP contribution in [-0.4, -0.2) is 47.6 Å². The van der Waals surface area contributed by atoms with Gasteiger partial charge in [-0.25, -0.2) is 0 Å². The first kappa shape index (κ1) is 44.6. The molecule has 5 nitrogen and oxygen atoms in total. The van der Waals surface area contributed by atoms with Gasteiger partial charge in [0, 0.05) is 11.6 Å². The van der Waals surface area contributed by atoms with Crippen LogP contribution in [0.1, 0.15) is 96.0 Å². The molecule has 1 aromatic rings. The Hall–Kier alpha value is -2.83. The quantitative estimate of drug-likeness (QED) is 0.179. The average Bonchev–Trinajstić information content (AvgIpc) is 3.66.